The number of hydrogen-bond acceptors (Lipinski definition) is 3. The Hall–Kier alpha value is -2.44. The first kappa shape index (κ1) is 16.9. The number of amides is 2. The van der Waals surface area contributed by atoms with Crippen molar-refractivity contribution in [1.29, 1.82) is 0 Å². The van der Waals surface area contributed by atoms with Crippen LogP contribution < -0.4 is 16.0 Å². The molecule has 0 heterocycles. The quantitative estimate of drug-likeness (QED) is 0.747. The van der Waals surface area contributed by atoms with E-state index in [0.29, 0.717) is 21.8 Å². The molecular formula is C16H14ClN3O2S. The Balaban J connectivity index is 2.08. The van der Waals surface area contributed by atoms with Crippen molar-refractivity contribution in [2.75, 3.05) is 12.4 Å². The lowest BCUT2D eigenvalue weighted by Gasteiger charge is -2.12. The van der Waals surface area contributed by atoms with Crippen molar-refractivity contribution in [2.24, 2.45) is 0 Å². The van der Waals surface area contributed by atoms with Crippen molar-refractivity contribution in [3.63, 3.8) is 0 Å². The molecule has 0 aliphatic carbocycles. The number of carbonyl (C=O) groups is 2. The lowest BCUT2D eigenvalue weighted by molar-refractivity contribution is 0.0961. The molecule has 118 valence electrons. The van der Waals surface area contributed by atoms with Crippen molar-refractivity contribution in [2.45, 2.75) is 0 Å². The van der Waals surface area contributed by atoms with Gasteiger partial charge in [0.25, 0.3) is 11.8 Å². The first-order valence-corrected chi connectivity index (χ1v) is 7.49. The topological polar surface area (TPSA) is 70.2 Å². The van der Waals surface area contributed by atoms with Crippen LogP contribution in [-0.2, 0) is 0 Å². The van der Waals surface area contributed by atoms with Crippen LogP contribution in [-0.4, -0.2) is 24.0 Å². The fourth-order valence-corrected chi connectivity index (χ4v) is 2.28. The summed E-state index contributed by atoms with van der Waals surface area (Å²) in [6.07, 6.45) is 0. The van der Waals surface area contributed by atoms with Crippen molar-refractivity contribution in [3.8, 4) is 0 Å². The van der Waals surface area contributed by atoms with Crippen molar-refractivity contribution in [3.05, 3.63) is 64.7 Å². The predicted octanol–water partition coefficient (Wildman–Crippen LogP) is 2.83. The van der Waals surface area contributed by atoms with E-state index in [9.17, 15) is 9.59 Å². The normalized spacial score (nSPS) is 9.83. The molecule has 0 spiro atoms. The average Bonchev–Trinajstić information content (AvgIpc) is 2.54. The molecule has 3 N–H and O–H groups in total. The number of carbonyl (C=O) groups excluding carboxylic acids is 2. The number of halogens is 1. The Morgan fingerprint density at radius 1 is 1.04 bits per heavy atom. The molecule has 0 aliphatic heterocycles. The molecule has 2 aromatic carbocycles. The van der Waals surface area contributed by atoms with Crippen LogP contribution in [0.15, 0.2) is 48.5 Å². The van der Waals surface area contributed by atoms with Crippen LogP contribution in [0.4, 0.5) is 5.69 Å². The average molecular weight is 348 g/mol. The van der Waals surface area contributed by atoms with Crippen molar-refractivity contribution >= 4 is 46.4 Å². The Bertz CT molecular complexity index is 764. The molecule has 0 bridgehead atoms. The summed E-state index contributed by atoms with van der Waals surface area (Å²) in [5.74, 6) is -0.639. The van der Waals surface area contributed by atoms with Gasteiger partial charge in [0, 0.05) is 17.6 Å². The summed E-state index contributed by atoms with van der Waals surface area (Å²) in [4.78, 5) is 23.9. The minimum absolute atomic E-state index is 0.0892. The molecule has 0 atom stereocenters. The maximum atomic E-state index is 12.1. The molecule has 7 heteroatoms. The third-order valence-corrected chi connectivity index (χ3v) is 3.40. The Labute approximate surface area is 144 Å². The van der Waals surface area contributed by atoms with Crippen LogP contribution in [0, 0.1) is 0 Å². The van der Waals surface area contributed by atoms with Crippen molar-refractivity contribution in [1.82, 2.24) is 10.6 Å². The molecule has 23 heavy (non-hydrogen) atoms. The zero-order valence-corrected chi connectivity index (χ0v) is 13.8. The number of rotatable bonds is 3. The smallest absolute Gasteiger partial charge is 0.257 e. The van der Waals surface area contributed by atoms with Gasteiger partial charge in [0.2, 0.25) is 0 Å². The lowest BCUT2D eigenvalue weighted by Crippen LogP contribution is -2.34. The highest BCUT2D eigenvalue weighted by Crippen LogP contribution is 2.15. The van der Waals surface area contributed by atoms with E-state index in [1.807, 2.05) is 0 Å². The van der Waals surface area contributed by atoms with Crippen LogP contribution in [0.3, 0.4) is 0 Å². The highest BCUT2D eigenvalue weighted by Gasteiger charge is 2.12. The van der Waals surface area contributed by atoms with Crippen LogP contribution in [0.5, 0.6) is 0 Å². The number of anilines is 1. The lowest BCUT2D eigenvalue weighted by atomic mass is 10.1. The summed E-state index contributed by atoms with van der Waals surface area (Å²) in [6, 6.07) is 13.4. The number of para-hydroxylation sites is 1. The van der Waals surface area contributed by atoms with Crippen LogP contribution in [0.1, 0.15) is 20.7 Å². The Morgan fingerprint density at radius 2 is 1.78 bits per heavy atom. The molecule has 0 radical (unpaired) electrons. The summed E-state index contributed by atoms with van der Waals surface area (Å²) in [6.45, 7) is 0. The summed E-state index contributed by atoms with van der Waals surface area (Å²) >= 11 is 11.0. The molecule has 0 aromatic heterocycles. The molecule has 0 saturated heterocycles. The first-order chi connectivity index (χ1) is 11.0. The van der Waals surface area contributed by atoms with Crippen LogP contribution in [0.2, 0.25) is 5.02 Å². The van der Waals surface area contributed by atoms with E-state index in [-0.39, 0.29) is 16.9 Å². The highest BCUT2D eigenvalue weighted by molar-refractivity contribution is 7.80. The first-order valence-electron chi connectivity index (χ1n) is 6.70. The van der Waals surface area contributed by atoms with Gasteiger partial charge in [-0.1, -0.05) is 29.8 Å². The molecule has 0 aliphatic rings. The van der Waals surface area contributed by atoms with Gasteiger partial charge in [0.05, 0.1) is 11.3 Å². The molecule has 5 nitrogen and oxygen atoms in total. The molecule has 2 rings (SSSR count). The minimum Gasteiger partial charge on any atom is -0.355 e. The monoisotopic (exact) mass is 347 g/mol. The molecular weight excluding hydrogens is 334 g/mol. The maximum Gasteiger partial charge on any atom is 0.257 e. The largest absolute Gasteiger partial charge is 0.355 e. The summed E-state index contributed by atoms with van der Waals surface area (Å²) < 4.78 is 0. The van der Waals surface area contributed by atoms with Gasteiger partial charge in [-0.25, -0.2) is 0 Å². The fraction of sp³-hybridized carbons (Fsp3) is 0.0625. The zero-order valence-electron chi connectivity index (χ0n) is 12.2. The number of hydrogen-bond donors (Lipinski definition) is 3. The van der Waals surface area contributed by atoms with E-state index in [4.69, 9.17) is 23.8 Å². The third-order valence-electron chi connectivity index (χ3n) is 2.96. The minimum atomic E-state index is -0.387. The van der Waals surface area contributed by atoms with Crippen molar-refractivity contribution < 1.29 is 9.59 Å². The van der Waals surface area contributed by atoms with Crippen LogP contribution in [0.25, 0.3) is 0 Å². The molecule has 0 saturated carbocycles. The van der Waals surface area contributed by atoms with E-state index < -0.39 is 0 Å². The zero-order chi connectivity index (χ0) is 16.8. The van der Waals surface area contributed by atoms with Gasteiger partial charge in [-0.15, -0.1) is 0 Å². The van der Waals surface area contributed by atoms with E-state index in [0.717, 1.165) is 0 Å². The molecule has 2 amide bonds. The Kier molecular flexibility index (Phi) is 5.67. The molecule has 2 aromatic rings. The Morgan fingerprint density at radius 3 is 2.48 bits per heavy atom. The van der Waals surface area contributed by atoms with E-state index in [1.54, 1.807) is 49.5 Å². The number of nitrogens with one attached hydrogen (secondary N) is 3. The van der Waals surface area contributed by atoms with Crippen LogP contribution >= 0.6 is 23.8 Å². The van der Waals surface area contributed by atoms with E-state index in [2.05, 4.69) is 16.0 Å². The summed E-state index contributed by atoms with van der Waals surface area (Å²) in [5.41, 5.74) is 1.32. The van der Waals surface area contributed by atoms with Gasteiger partial charge in [0.15, 0.2) is 5.11 Å². The second kappa shape index (κ2) is 7.71. The van der Waals surface area contributed by atoms with Gasteiger partial charge in [-0.3, -0.25) is 14.9 Å². The summed E-state index contributed by atoms with van der Waals surface area (Å²) in [5, 5.41) is 8.49. The fourth-order valence-electron chi connectivity index (χ4n) is 1.88. The van der Waals surface area contributed by atoms with Gasteiger partial charge in [0.1, 0.15) is 0 Å². The van der Waals surface area contributed by atoms with E-state index >= 15 is 0 Å². The van der Waals surface area contributed by atoms with Gasteiger partial charge >= 0.3 is 0 Å². The number of benzene rings is 2. The highest BCUT2D eigenvalue weighted by atomic mass is 35.5. The third kappa shape index (κ3) is 4.51. The summed E-state index contributed by atoms with van der Waals surface area (Å²) in [7, 11) is 1.54. The van der Waals surface area contributed by atoms with Gasteiger partial charge in [-0.05, 0) is 42.5 Å². The standard InChI is InChI=1S/C16H14ClN3O2S/c1-18-15(22)12-7-2-3-8-13(12)19-16(23)20-14(21)10-5-4-6-11(17)9-10/h2-9H,1H3,(H,18,22)(H2,19,20,21,23). The maximum absolute atomic E-state index is 12.1. The van der Waals surface area contributed by atoms with Gasteiger partial charge < -0.3 is 10.6 Å². The molecule has 0 unspecified atom stereocenters. The SMILES string of the molecule is CNC(=O)c1ccccc1NC(=S)NC(=O)c1cccc(Cl)c1. The molecule has 0 fully saturated rings. The predicted molar refractivity (Wildman–Crippen MR) is 95.0 cm³/mol. The second-order valence-corrected chi connectivity index (χ2v) is 5.39. The van der Waals surface area contributed by atoms with Gasteiger partial charge in [-0.2, -0.15) is 0 Å². The second-order valence-electron chi connectivity index (χ2n) is 4.54. The number of thiocarbonyl (C=S) groups is 1. The van der Waals surface area contributed by atoms with E-state index in [1.165, 1.54) is 6.07 Å².